The van der Waals surface area contributed by atoms with Crippen molar-refractivity contribution in [3.8, 4) is 0 Å². The van der Waals surface area contributed by atoms with Gasteiger partial charge in [-0.1, -0.05) is 64.8 Å². The fourth-order valence-corrected chi connectivity index (χ4v) is 1.46. The summed E-state index contributed by atoms with van der Waals surface area (Å²) in [5.41, 5.74) is 2.48. The van der Waals surface area contributed by atoms with Crippen LogP contribution in [0.25, 0.3) is 0 Å². The summed E-state index contributed by atoms with van der Waals surface area (Å²) < 4.78 is 0. The lowest BCUT2D eigenvalue weighted by Gasteiger charge is -2.12. The molecular weight excluding hydrogens is 168 g/mol. The standard InChI is InChI=1S/C14H26/c1-11(2)9-7-8-10-13(5)14(6)12(3)4/h11-12H,5-10H2,1-4H3. The number of hydrogen-bond donors (Lipinski definition) is 0. The molecule has 0 aliphatic heterocycles. The molecule has 0 heterocycles. The molecule has 0 radical (unpaired) electrons. The van der Waals surface area contributed by atoms with Crippen LogP contribution in [0.2, 0.25) is 0 Å². The quantitative estimate of drug-likeness (QED) is 0.396. The van der Waals surface area contributed by atoms with Crippen molar-refractivity contribution < 1.29 is 0 Å². The van der Waals surface area contributed by atoms with E-state index < -0.39 is 0 Å². The van der Waals surface area contributed by atoms with Crippen molar-refractivity contribution in [3.05, 3.63) is 24.3 Å². The third-order valence-electron chi connectivity index (χ3n) is 2.66. The maximum Gasteiger partial charge on any atom is -0.0222 e. The maximum absolute atomic E-state index is 4.09. The van der Waals surface area contributed by atoms with Crippen molar-refractivity contribution in [1.82, 2.24) is 0 Å². The molecule has 0 saturated heterocycles. The normalized spacial score (nSPS) is 11.0. The first-order chi connectivity index (χ1) is 6.45. The van der Waals surface area contributed by atoms with Crippen LogP contribution in [0.1, 0.15) is 53.4 Å². The van der Waals surface area contributed by atoms with Gasteiger partial charge >= 0.3 is 0 Å². The van der Waals surface area contributed by atoms with Gasteiger partial charge in [0.15, 0.2) is 0 Å². The largest absolute Gasteiger partial charge is 0.0956 e. The molecule has 82 valence electrons. The van der Waals surface area contributed by atoms with Gasteiger partial charge in [-0.05, 0) is 24.7 Å². The van der Waals surface area contributed by atoms with E-state index in [0.29, 0.717) is 5.92 Å². The zero-order valence-corrected chi connectivity index (χ0v) is 10.4. The highest BCUT2D eigenvalue weighted by Gasteiger charge is 2.04. The van der Waals surface area contributed by atoms with Gasteiger partial charge in [-0.15, -0.1) is 0 Å². The molecule has 0 saturated carbocycles. The van der Waals surface area contributed by atoms with E-state index in [-0.39, 0.29) is 0 Å². The average molecular weight is 194 g/mol. The van der Waals surface area contributed by atoms with Crippen molar-refractivity contribution in [3.63, 3.8) is 0 Å². The summed E-state index contributed by atoms with van der Waals surface area (Å²) in [6.07, 6.45) is 5.05. The highest BCUT2D eigenvalue weighted by atomic mass is 14.1. The molecule has 0 atom stereocenters. The van der Waals surface area contributed by atoms with Gasteiger partial charge in [0.05, 0.1) is 0 Å². The van der Waals surface area contributed by atoms with E-state index >= 15 is 0 Å². The summed E-state index contributed by atoms with van der Waals surface area (Å²) in [7, 11) is 0. The lowest BCUT2D eigenvalue weighted by Crippen LogP contribution is -1.96. The molecular formula is C14H26. The first-order valence-corrected chi connectivity index (χ1v) is 5.82. The molecule has 0 aromatic rings. The van der Waals surface area contributed by atoms with E-state index in [0.717, 1.165) is 12.3 Å². The molecule has 0 aliphatic rings. The summed E-state index contributed by atoms with van der Waals surface area (Å²) in [5, 5.41) is 0. The molecule has 0 rings (SSSR count). The van der Waals surface area contributed by atoms with Crippen LogP contribution in [0.5, 0.6) is 0 Å². The van der Waals surface area contributed by atoms with Crippen molar-refractivity contribution >= 4 is 0 Å². The van der Waals surface area contributed by atoms with Crippen molar-refractivity contribution in [2.75, 3.05) is 0 Å². The van der Waals surface area contributed by atoms with E-state index in [9.17, 15) is 0 Å². The van der Waals surface area contributed by atoms with Crippen LogP contribution in [0.15, 0.2) is 24.3 Å². The summed E-state index contributed by atoms with van der Waals surface area (Å²) in [4.78, 5) is 0. The highest BCUT2D eigenvalue weighted by molar-refractivity contribution is 5.26. The topological polar surface area (TPSA) is 0 Å². The average Bonchev–Trinajstić information content (AvgIpc) is 2.10. The van der Waals surface area contributed by atoms with Crippen LogP contribution in [-0.2, 0) is 0 Å². The molecule has 0 heteroatoms. The lowest BCUT2D eigenvalue weighted by atomic mass is 9.93. The molecule has 14 heavy (non-hydrogen) atoms. The zero-order chi connectivity index (χ0) is 11.1. The summed E-state index contributed by atoms with van der Waals surface area (Å²) in [5.74, 6) is 1.38. The smallest absolute Gasteiger partial charge is 0.0222 e. The molecule has 0 fully saturated rings. The third kappa shape index (κ3) is 6.01. The van der Waals surface area contributed by atoms with Gasteiger partial charge in [-0.2, -0.15) is 0 Å². The minimum absolute atomic E-state index is 0.549. The van der Waals surface area contributed by atoms with Crippen LogP contribution in [0, 0.1) is 11.8 Å². The van der Waals surface area contributed by atoms with E-state index in [1.165, 1.54) is 30.4 Å². The van der Waals surface area contributed by atoms with Gasteiger partial charge in [-0.25, -0.2) is 0 Å². The Balaban J connectivity index is 3.60. The van der Waals surface area contributed by atoms with Crippen molar-refractivity contribution in [2.45, 2.75) is 53.4 Å². The summed E-state index contributed by atoms with van der Waals surface area (Å²) in [6, 6.07) is 0. The van der Waals surface area contributed by atoms with Crippen molar-refractivity contribution in [2.24, 2.45) is 11.8 Å². The Morgan fingerprint density at radius 1 is 1.00 bits per heavy atom. The van der Waals surface area contributed by atoms with E-state index in [1.54, 1.807) is 0 Å². The number of allylic oxidation sites excluding steroid dienone is 2. The second-order valence-electron chi connectivity index (χ2n) is 4.92. The number of hydrogen-bond acceptors (Lipinski definition) is 0. The molecule has 0 nitrogen and oxygen atoms in total. The minimum atomic E-state index is 0.549. The molecule has 0 aromatic heterocycles. The Labute approximate surface area is 90.1 Å². The van der Waals surface area contributed by atoms with Gasteiger partial charge in [-0.3, -0.25) is 0 Å². The second-order valence-corrected chi connectivity index (χ2v) is 4.92. The SMILES string of the molecule is C=C(CCCCC(C)C)C(=C)C(C)C. The van der Waals surface area contributed by atoms with Crippen LogP contribution in [-0.4, -0.2) is 0 Å². The fourth-order valence-electron chi connectivity index (χ4n) is 1.46. The predicted octanol–water partition coefficient (Wildman–Crippen LogP) is 4.97. The Kier molecular flexibility index (Phi) is 6.61. The van der Waals surface area contributed by atoms with E-state index in [1.807, 2.05) is 0 Å². The highest BCUT2D eigenvalue weighted by Crippen LogP contribution is 2.21. The third-order valence-corrected chi connectivity index (χ3v) is 2.66. The summed E-state index contributed by atoms with van der Waals surface area (Å²) >= 11 is 0. The zero-order valence-electron chi connectivity index (χ0n) is 10.4. The number of unbranched alkanes of at least 4 members (excludes halogenated alkanes) is 1. The Morgan fingerprint density at radius 2 is 1.57 bits per heavy atom. The van der Waals surface area contributed by atoms with Gasteiger partial charge in [0.2, 0.25) is 0 Å². The molecule has 0 amide bonds. The fraction of sp³-hybridized carbons (Fsp3) is 0.714. The van der Waals surface area contributed by atoms with Crippen LogP contribution in [0.3, 0.4) is 0 Å². The van der Waals surface area contributed by atoms with E-state index in [4.69, 9.17) is 0 Å². The first kappa shape index (κ1) is 13.5. The van der Waals surface area contributed by atoms with Crippen LogP contribution >= 0.6 is 0 Å². The molecule has 0 aromatic carbocycles. The second kappa shape index (κ2) is 6.86. The van der Waals surface area contributed by atoms with Crippen LogP contribution in [0.4, 0.5) is 0 Å². The molecule has 0 bridgehead atoms. The van der Waals surface area contributed by atoms with Gasteiger partial charge in [0, 0.05) is 0 Å². The molecule has 0 aliphatic carbocycles. The Bertz CT molecular complexity index is 184. The monoisotopic (exact) mass is 194 g/mol. The predicted molar refractivity (Wildman–Crippen MR) is 66.4 cm³/mol. The van der Waals surface area contributed by atoms with Gasteiger partial charge < -0.3 is 0 Å². The molecule has 0 spiro atoms. The van der Waals surface area contributed by atoms with Gasteiger partial charge in [0.1, 0.15) is 0 Å². The minimum Gasteiger partial charge on any atom is -0.0956 e. The van der Waals surface area contributed by atoms with Crippen molar-refractivity contribution in [1.29, 1.82) is 0 Å². The van der Waals surface area contributed by atoms with E-state index in [2.05, 4.69) is 40.9 Å². The Morgan fingerprint density at radius 3 is 2.00 bits per heavy atom. The molecule has 0 unspecified atom stereocenters. The maximum atomic E-state index is 4.09. The van der Waals surface area contributed by atoms with Crippen LogP contribution < -0.4 is 0 Å². The molecule has 0 N–H and O–H groups in total. The summed E-state index contributed by atoms with van der Waals surface area (Å²) in [6.45, 7) is 17.1. The first-order valence-electron chi connectivity index (χ1n) is 5.82. The lowest BCUT2D eigenvalue weighted by molar-refractivity contribution is 0.537. The van der Waals surface area contributed by atoms with Gasteiger partial charge in [0.25, 0.3) is 0 Å². The Hall–Kier alpha value is -0.520. The number of rotatable bonds is 7.